The molecule has 0 N–H and O–H groups in total. The maximum Gasteiger partial charge on any atom is 0.0540 e. The van der Waals surface area contributed by atoms with Crippen molar-refractivity contribution in [2.75, 3.05) is 4.90 Å². The minimum atomic E-state index is 1.11. The molecule has 0 radical (unpaired) electrons. The van der Waals surface area contributed by atoms with Crippen LogP contribution >= 0.6 is 0 Å². The van der Waals surface area contributed by atoms with Crippen molar-refractivity contribution in [3.8, 4) is 33.4 Å². The molecule has 9 aromatic rings. The van der Waals surface area contributed by atoms with Crippen LogP contribution in [0.5, 0.6) is 0 Å². The summed E-state index contributed by atoms with van der Waals surface area (Å²) in [4.78, 5) is 2.45. The van der Waals surface area contributed by atoms with Crippen molar-refractivity contribution in [2.24, 2.45) is 0 Å². The van der Waals surface area contributed by atoms with E-state index < -0.39 is 0 Å². The third-order valence-electron chi connectivity index (χ3n) is 9.64. The van der Waals surface area contributed by atoms with Gasteiger partial charge < -0.3 is 4.90 Å². The first kappa shape index (κ1) is 28.8. The van der Waals surface area contributed by atoms with Crippen LogP contribution < -0.4 is 4.90 Å². The van der Waals surface area contributed by atoms with Gasteiger partial charge in [-0.1, -0.05) is 176 Å². The highest BCUT2D eigenvalue weighted by Gasteiger charge is 2.21. The molecule has 0 bridgehead atoms. The number of para-hydroxylation sites is 1. The average Bonchev–Trinajstić information content (AvgIpc) is 3.18. The molecule has 0 saturated heterocycles. The monoisotopic (exact) mass is 623 g/mol. The van der Waals surface area contributed by atoms with Crippen molar-refractivity contribution in [3.63, 3.8) is 0 Å². The van der Waals surface area contributed by atoms with Crippen molar-refractivity contribution in [2.45, 2.75) is 0 Å². The standard InChI is InChI=1S/C48H33N/c1-2-15-36(16-3-1)43-29-12-21-37-22-13-30-45(48(37)43)44-27-8-9-31-47(44)49(46-32-14-20-35-18-5-7-26-42(35)46)39-24-10-23-38(33-39)41-28-11-19-34-17-4-6-25-40(34)41/h1-33H. The van der Waals surface area contributed by atoms with Gasteiger partial charge in [0.1, 0.15) is 0 Å². The highest BCUT2D eigenvalue weighted by atomic mass is 15.1. The molecule has 0 fully saturated rings. The van der Waals surface area contributed by atoms with Gasteiger partial charge in [-0.05, 0) is 79.0 Å². The quantitative estimate of drug-likeness (QED) is 0.178. The van der Waals surface area contributed by atoms with E-state index in [0.717, 1.165) is 17.1 Å². The summed E-state index contributed by atoms with van der Waals surface area (Å²) in [5.74, 6) is 0. The van der Waals surface area contributed by atoms with Crippen molar-refractivity contribution >= 4 is 49.4 Å². The molecule has 1 nitrogen and oxygen atoms in total. The van der Waals surface area contributed by atoms with E-state index in [2.05, 4.69) is 205 Å². The van der Waals surface area contributed by atoms with Gasteiger partial charge >= 0.3 is 0 Å². The van der Waals surface area contributed by atoms with E-state index in [-0.39, 0.29) is 0 Å². The summed E-state index contributed by atoms with van der Waals surface area (Å²) < 4.78 is 0. The second-order valence-electron chi connectivity index (χ2n) is 12.5. The van der Waals surface area contributed by atoms with Crippen molar-refractivity contribution in [3.05, 3.63) is 200 Å². The van der Waals surface area contributed by atoms with E-state index in [4.69, 9.17) is 0 Å². The molecule has 0 spiro atoms. The minimum absolute atomic E-state index is 1.11. The molecular formula is C48H33N. The molecule has 9 rings (SSSR count). The first-order chi connectivity index (χ1) is 24.3. The van der Waals surface area contributed by atoms with E-state index >= 15 is 0 Å². The molecule has 0 aliphatic heterocycles. The second-order valence-corrected chi connectivity index (χ2v) is 12.5. The molecule has 0 atom stereocenters. The Morgan fingerprint density at radius 3 is 1.61 bits per heavy atom. The Morgan fingerprint density at radius 2 is 0.796 bits per heavy atom. The van der Waals surface area contributed by atoms with Crippen LogP contribution in [0.15, 0.2) is 200 Å². The number of rotatable bonds is 6. The molecule has 0 aliphatic rings. The third-order valence-corrected chi connectivity index (χ3v) is 9.64. The Kier molecular flexibility index (Phi) is 7.22. The number of hydrogen-bond donors (Lipinski definition) is 0. The highest BCUT2D eigenvalue weighted by Crippen LogP contribution is 2.46. The van der Waals surface area contributed by atoms with E-state index in [9.17, 15) is 0 Å². The van der Waals surface area contributed by atoms with Crippen LogP contribution in [0.3, 0.4) is 0 Å². The molecule has 49 heavy (non-hydrogen) atoms. The Balaban J connectivity index is 1.32. The van der Waals surface area contributed by atoms with Crippen LogP contribution in [-0.4, -0.2) is 0 Å². The summed E-state index contributed by atoms with van der Waals surface area (Å²) in [7, 11) is 0. The topological polar surface area (TPSA) is 3.24 Å². The van der Waals surface area contributed by atoms with Crippen LogP contribution in [0.25, 0.3) is 65.7 Å². The molecule has 230 valence electrons. The van der Waals surface area contributed by atoms with Gasteiger partial charge in [0.15, 0.2) is 0 Å². The third kappa shape index (κ3) is 5.13. The average molecular weight is 624 g/mol. The van der Waals surface area contributed by atoms with Crippen LogP contribution in [0.1, 0.15) is 0 Å². The molecular weight excluding hydrogens is 591 g/mol. The molecule has 0 amide bonds. The molecule has 1 heteroatoms. The smallest absolute Gasteiger partial charge is 0.0540 e. The van der Waals surface area contributed by atoms with Gasteiger partial charge in [-0.2, -0.15) is 0 Å². The van der Waals surface area contributed by atoms with E-state index in [1.54, 1.807) is 0 Å². The zero-order valence-corrected chi connectivity index (χ0v) is 27.0. The van der Waals surface area contributed by atoms with Gasteiger partial charge in [-0.15, -0.1) is 0 Å². The van der Waals surface area contributed by atoms with Crippen LogP contribution in [0.2, 0.25) is 0 Å². The van der Waals surface area contributed by atoms with Gasteiger partial charge in [0.05, 0.1) is 11.4 Å². The molecule has 0 unspecified atom stereocenters. The lowest BCUT2D eigenvalue weighted by Gasteiger charge is -2.30. The first-order valence-corrected chi connectivity index (χ1v) is 16.9. The lowest BCUT2D eigenvalue weighted by Crippen LogP contribution is -2.12. The number of nitrogens with zero attached hydrogens (tertiary/aromatic N) is 1. The summed E-state index contributed by atoms with van der Waals surface area (Å²) >= 11 is 0. The van der Waals surface area contributed by atoms with Crippen molar-refractivity contribution < 1.29 is 0 Å². The van der Waals surface area contributed by atoms with Crippen molar-refractivity contribution in [1.29, 1.82) is 0 Å². The lowest BCUT2D eigenvalue weighted by atomic mass is 9.90. The number of fused-ring (bicyclic) bond motifs is 3. The van der Waals surface area contributed by atoms with Crippen LogP contribution in [0, 0.1) is 0 Å². The summed E-state index contributed by atoms with van der Waals surface area (Å²) in [6, 6.07) is 72.5. The minimum Gasteiger partial charge on any atom is -0.309 e. The fraction of sp³-hybridized carbons (Fsp3) is 0. The largest absolute Gasteiger partial charge is 0.309 e. The summed E-state index contributed by atoms with van der Waals surface area (Å²) in [6.45, 7) is 0. The van der Waals surface area contributed by atoms with Gasteiger partial charge in [-0.25, -0.2) is 0 Å². The number of benzene rings is 9. The maximum absolute atomic E-state index is 2.45. The van der Waals surface area contributed by atoms with Gasteiger partial charge in [0.25, 0.3) is 0 Å². The summed E-state index contributed by atoms with van der Waals surface area (Å²) in [5.41, 5.74) is 10.6. The Labute approximate surface area is 287 Å². The van der Waals surface area contributed by atoms with Gasteiger partial charge in [0.2, 0.25) is 0 Å². The lowest BCUT2D eigenvalue weighted by molar-refractivity contribution is 1.30. The highest BCUT2D eigenvalue weighted by molar-refractivity contribution is 6.10. The predicted octanol–water partition coefficient (Wildman–Crippen LogP) is 13.6. The van der Waals surface area contributed by atoms with Gasteiger partial charge in [0, 0.05) is 16.6 Å². The Hall–Kier alpha value is -6.44. The molecule has 0 heterocycles. The van der Waals surface area contributed by atoms with E-state index in [0.29, 0.717) is 0 Å². The van der Waals surface area contributed by atoms with Crippen LogP contribution in [-0.2, 0) is 0 Å². The SMILES string of the molecule is c1ccc(-c2cccc3cccc(-c4ccccc4N(c4cccc(-c5cccc6ccccc56)c4)c4cccc5ccccc45)c23)cc1. The van der Waals surface area contributed by atoms with Crippen LogP contribution in [0.4, 0.5) is 17.1 Å². The Bertz CT molecular complexity index is 2600. The fourth-order valence-corrected chi connectivity index (χ4v) is 7.42. The van der Waals surface area contributed by atoms with Gasteiger partial charge in [-0.3, -0.25) is 0 Å². The van der Waals surface area contributed by atoms with E-state index in [1.165, 1.54) is 65.7 Å². The maximum atomic E-state index is 2.45. The molecule has 0 aliphatic carbocycles. The predicted molar refractivity (Wildman–Crippen MR) is 210 cm³/mol. The van der Waals surface area contributed by atoms with Crippen molar-refractivity contribution in [1.82, 2.24) is 0 Å². The number of anilines is 3. The normalized spacial score (nSPS) is 11.3. The number of hydrogen-bond acceptors (Lipinski definition) is 1. The zero-order valence-electron chi connectivity index (χ0n) is 27.0. The molecule has 0 saturated carbocycles. The molecule has 9 aromatic carbocycles. The molecule has 0 aromatic heterocycles. The summed E-state index contributed by atoms with van der Waals surface area (Å²) in [6.07, 6.45) is 0. The second kappa shape index (κ2) is 12.3. The first-order valence-electron chi connectivity index (χ1n) is 16.9. The zero-order chi connectivity index (χ0) is 32.6. The summed E-state index contributed by atoms with van der Waals surface area (Å²) in [5, 5.41) is 7.40. The Morgan fingerprint density at radius 1 is 0.286 bits per heavy atom. The van der Waals surface area contributed by atoms with E-state index in [1.807, 2.05) is 0 Å². The fourth-order valence-electron chi connectivity index (χ4n) is 7.42.